The van der Waals surface area contributed by atoms with Crippen LogP contribution in [0.1, 0.15) is 68.3 Å². The Hall–Kier alpha value is -2.76. The Kier molecular flexibility index (Phi) is 8.15. The van der Waals surface area contributed by atoms with Crippen molar-refractivity contribution in [2.45, 2.75) is 76.2 Å². The fourth-order valence-electron chi connectivity index (χ4n) is 6.35. The van der Waals surface area contributed by atoms with Crippen LogP contribution in [-0.4, -0.2) is 33.4 Å². The molecule has 0 spiro atoms. The molecule has 1 amide bonds. The van der Waals surface area contributed by atoms with Crippen LogP contribution in [0, 0.1) is 0 Å². The van der Waals surface area contributed by atoms with Crippen molar-refractivity contribution < 1.29 is 9.36 Å². The van der Waals surface area contributed by atoms with Crippen LogP contribution in [0.5, 0.6) is 0 Å². The van der Waals surface area contributed by atoms with Crippen molar-refractivity contribution in [2.24, 2.45) is 5.73 Å². The Morgan fingerprint density at radius 1 is 0.816 bits per heavy atom. The summed E-state index contributed by atoms with van der Waals surface area (Å²) in [6, 6.07) is 29.3. The second-order valence-corrected chi connectivity index (χ2v) is 12.9. The van der Waals surface area contributed by atoms with E-state index in [-0.39, 0.29) is 30.1 Å². The Balaban J connectivity index is 1.54. The van der Waals surface area contributed by atoms with Gasteiger partial charge in [0, 0.05) is 24.2 Å². The molecule has 3 N–H and O–H groups in total. The zero-order valence-electron chi connectivity index (χ0n) is 22.3. The Labute approximate surface area is 226 Å². The predicted octanol–water partition coefficient (Wildman–Crippen LogP) is 6.23. The Morgan fingerprint density at radius 2 is 1.24 bits per heavy atom. The lowest BCUT2D eigenvalue weighted by Gasteiger charge is -2.38. The van der Waals surface area contributed by atoms with Crippen LogP contribution in [0.3, 0.4) is 0 Å². The molecule has 1 aliphatic heterocycles. The summed E-state index contributed by atoms with van der Waals surface area (Å²) in [5.41, 5.74) is 9.60. The maximum atomic E-state index is 15.5. The number of benzene rings is 3. The van der Waals surface area contributed by atoms with Crippen LogP contribution in [0.15, 0.2) is 91.0 Å². The van der Waals surface area contributed by atoms with E-state index in [4.69, 9.17) is 5.73 Å². The molecule has 1 saturated carbocycles. The van der Waals surface area contributed by atoms with Gasteiger partial charge in [-0.1, -0.05) is 104 Å². The van der Waals surface area contributed by atoms with Gasteiger partial charge in [0.05, 0.1) is 6.04 Å². The lowest BCUT2D eigenvalue weighted by molar-refractivity contribution is -0.120. The fraction of sp³-hybridized carbons (Fsp3) is 0.387. The van der Waals surface area contributed by atoms with Crippen molar-refractivity contribution in [3.63, 3.8) is 0 Å². The van der Waals surface area contributed by atoms with E-state index in [1.54, 1.807) is 0 Å². The number of hydrogen-bond donors (Lipinski definition) is 2. The van der Waals surface area contributed by atoms with Crippen LogP contribution in [-0.2, 0) is 15.8 Å². The van der Waals surface area contributed by atoms with E-state index < -0.39 is 13.6 Å². The van der Waals surface area contributed by atoms with Gasteiger partial charge in [0.2, 0.25) is 5.91 Å². The van der Waals surface area contributed by atoms with Crippen molar-refractivity contribution in [1.82, 2.24) is 14.4 Å². The highest BCUT2D eigenvalue weighted by molar-refractivity contribution is 7.58. The van der Waals surface area contributed by atoms with Gasteiger partial charge in [-0.05, 0) is 49.8 Å². The first kappa shape index (κ1) is 26.8. The van der Waals surface area contributed by atoms with Crippen molar-refractivity contribution in [1.29, 1.82) is 0 Å². The molecule has 0 radical (unpaired) electrons. The molecule has 2 fully saturated rings. The number of hydrogen-bond acceptors (Lipinski definition) is 3. The SMILES string of the molecule is C[C@H](c1ccccc1)N1[C@@H]2CCCC[C@H]2N([C@H](C)c2ccccc2)P1(=O)NC(=O)[C@@H](N)Cc1ccccc1. The molecule has 200 valence electrons. The van der Waals surface area contributed by atoms with Gasteiger partial charge in [0.1, 0.15) is 0 Å². The van der Waals surface area contributed by atoms with E-state index >= 15 is 4.57 Å². The molecule has 7 heteroatoms. The minimum atomic E-state index is -3.57. The highest BCUT2D eigenvalue weighted by atomic mass is 31.2. The summed E-state index contributed by atoms with van der Waals surface area (Å²) in [5, 5.41) is 3.08. The van der Waals surface area contributed by atoms with E-state index in [1.807, 2.05) is 66.7 Å². The van der Waals surface area contributed by atoms with Gasteiger partial charge in [-0.2, -0.15) is 0 Å². The minimum Gasteiger partial charge on any atom is -0.320 e. The largest absolute Gasteiger partial charge is 0.320 e. The van der Waals surface area contributed by atoms with Gasteiger partial charge >= 0.3 is 7.59 Å². The molecule has 0 aromatic heterocycles. The van der Waals surface area contributed by atoms with Gasteiger partial charge in [0.25, 0.3) is 0 Å². The van der Waals surface area contributed by atoms with E-state index in [2.05, 4.69) is 52.5 Å². The van der Waals surface area contributed by atoms with Gasteiger partial charge in [-0.15, -0.1) is 0 Å². The van der Waals surface area contributed by atoms with Crippen LogP contribution in [0.25, 0.3) is 0 Å². The zero-order chi connectivity index (χ0) is 26.7. The van der Waals surface area contributed by atoms with Gasteiger partial charge in [0.15, 0.2) is 0 Å². The van der Waals surface area contributed by atoms with Gasteiger partial charge in [-0.25, -0.2) is 9.34 Å². The standard InChI is InChI=1S/C31H39N4O2P/c1-23(26-16-8-4-9-17-26)34-29-20-12-13-21-30(29)35(24(2)27-18-10-5-11-19-27)38(34,37)33-31(36)28(32)22-25-14-6-3-7-15-25/h3-11,14-19,23-24,28-30H,12-13,20-22,32H2,1-2H3,(H,33,36,37)/t23-,24-,28+,29-,30-/m1/s1. The quantitative estimate of drug-likeness (QED) is 0.338. The summed E-state index contributed by atoms with van der Waals surface area (Å²) >= 11 is 0. The van der Waals surface area contributed by atoms with Crippen molar-refractivity contribution in [2.75, 3.05) is 0 Å². The van der Waals surface area contributed by atoms with E-state index in [0.717, 1.165) is 42.4 Å². The van der Waals surface area contributed by atoms with Crippen LogP contribution < -0.4 is 10.8 Å². The number of amides is 1. The van der Waals surface area contributed by atoms with Gasteiger partial charge < -0.3 is 5.73 Å². The molecule has 3 aromatic carbocycles. The van der Waals surface area contributed by atoms with Crippen molar-refractivity contribution >= 4 is 13.5 Å². The number of carbonyl (C=O) groups is 1. The molecule has 6 nitrogen and oxygen atoms in total. The summed E-state index contributed by atoms with van der Waals surface area (Å²) in [6.45, 7) is 4.22. The average molecular weight is 531 g/mol. The van der Waals surface area contributed by atoms with Crippen LogP contribution >= 0.6 is 7.59 Å². The molecule has 38 heavy (non-hydrogen) atoms. The summed E-state index contributed by atoms with van der Waals surface area (Å²) in [5.74, 6) is -0.369. The molecule has 5 atom stereocenters. The second kappa shape index (κ2) is 11.5. The highest BCUT2D eigenvalue weighted by Crippen LogP contribution is 2.66. The highest BCUT2D eigenvalue weighted by Gasteiger charge is 2.59. The number of nitrogens with one attached hydrogen (secondary N) is 1. The monoisotopic (exact) mass is 530 g/mol. The molecule has 2 aliphatic rings. The molecule has 1 aliphatic carbocycles. The van der Waals surface area contributed by atoms with E-state index in [1.165, 1.54) is 0 Å². The number of nitrogens with two attached hydrogens (primary N) is 1. The third-order valence-corrected chi connectivity index (χ3v) is 11.3. The maximum absolute atomic E-state index is 15.5. The number of fused-ring (bicyclic) bond motifs is 1. The van der Waals surface area contributed by atoms with E-state index in [0.29, 0.717) is 6.42 Å². The average Bonchev–Trinajstić information content (AvgIpc) is 3.21. The first-order chi connectivity index (χ1) is 18.4. The molecular weight excluding hydrogens is 491 g/mol. The topological polar surface area (TPSA) is 78.7 Å². The molecule has 3 aromatic rings. The zero-order valence-corrected chi connectivity index (χ0v) is 23.2. The number of rotatable bonds is 8. The summed E-state index contributed by atoms with van der Waals surface area (Å²) < 4.78 is 19.8. The van der Waals surface area contributed by atoms with Gasteiger partial charge in [-0.3, -0.25) is 14.4 Å². The Bertz CT molecular complexity index is 1190. The lowest BCUT2D eigenvalue weighted by Crippen LogP contribution is -2.45. The van der Waals surface area contributed by atoms with Crippen LogP contribution in [0.2, 0.25) is 0 Å². The summed E-state index contributed by atoms with van der Waals surface area (Å²) in [4.78, 5) is 13.7. The van der Waals surface area contributed by atoms with E-state index in [9.17, 15) is 4.79 Å². The molecular formula is C31H39N4O2P. The third kappa shape index (κ3) is 5.23. The summed E-state index contributed by atoms with van der Waals surface area (Å²) in [6.07, 6.45) is 4.48. The summed E-state index contributed by atoms with van der Waals surface area (Å²) in [7, 11) is -3.57. The Morgan fingerprint density at radius 3 is 1.68 bits per heavy atom. The fourth-order valence-corrected chi connectivity index (χ4v) is 9.82. The first-order valence-corrected chi connectivity index (χ1v) is 15.4. The van der Waals surface area contributed by atoms with Crippen molar-refractivity contribution in [3.05, 3.63) is 108 Å². The third-order valence-electron chi connectivity index (χ3n) is 8.25. The maximum Gasteiger partial charge on any atom is 0.312 e. The van der Waals surface area contributed by atoms with Crippen molar-refractivity contribution in [3.8, 4) is 0 Å². The molecule has 0 unspecified atom stereocenters. The lowest BCUT2D eigenvalue weighted by atomic mass is 9.88. The molecule has 1 heterocycles. The number of carbonyl (C=O) groups excluding carboxylic acids is 1. The number of nitrogens with zero attached hydrogens (tertiary/aromatic N) is 2. The predicted molar refractivity (Wildman–Crippen MR) is 153 cm³/mol. The normalized spacial score (nSPS) is 23.8. The minimum absolute atomic E-state index is 0.0848. The second-order valence-electron chi connectivity index (χ2n) is 10.7. The molecule has 5 rings (SSSR count). The van der Waals surface area contributed by atoms with Crippen LogP contribution in [0.4, 0.5) is 0 Å². The smallest absolute Gasteiger partial charge is 0.312 e. The molecule has 0 bridgehead atoms. The molecule has 1 saturated heterocycles. The first-order valence-electron chi connectivity index (χ1n) is 13.8.